The van der Waals surface area contributed by atoms with E-state index in [9.17, 15) is 9.59 Å². The van der Waals surface area contributed by atoms with Crippen LogP contribution in [0.3, 0.4) is 0 Å². The van der Waals surface area contributed by atoms with Gasteiger partial charge in [0.1, 0.15) is 0 Å². The van der Waals surface area contributed by atoms with Crippen LogP contribution < -0.4 is 0 Å². The van der Waals surface area contributed by atoms with Gasteiger partial charge in [-0.1, -0.05) is 36.0 Å². The van der Waals surface area contributed by atoms with Gasteiger partial charge in [-0.25, -0.2) is 0 Å². The molecule has 0 atom stereocenters. The molecule has 2 amide bonds. The molecule has 136 valence electrons. The third-order valence-corrected chi connectivity index (χ3v) is 5.76. The monoisotopic (exact) mass is 382 g/mol. The summed E-state index contributed by atoms with van der Waals surface area (Å²) in [5.41, 5.74) is 0.475. The first-order valence-corrected chi connectivity index (χ1v) is 9.85. The molecule has 2 aliphatic rings. The molecule has 0 aromatic heterocycles. The van der Waals surface area contributed by atoms with Crippen LogP contribution in [0.5, 0.6) is 0 Å². The van der Waals surface area contributed by atoms with Gasteiger partial charge in [0, 0.05) is 37.1 Å². The van der Waals surface area contributed by atoms with Gasteiger partial charge in [-0.15, -0.1) is 0 Å². The average molecular weight is 383 g/mol. The van der Waals surface area contributed by atoms with E-state index in [1.165, 1.54) is 12.8 Å². The third-order valence-electron chi connectivity index (χ3n) is 5.21. The highest BCUT2D eigenvalue weighted by Crippen LogP contribution is 2.26. The molecule has 2 saturated heterocycles. The van der Waals surface area contributed by atoms with Crippen molar-refractivity contribution in [3.63, 3.8) is 0 Å². The summed E-state index contributed by atoms with van der Waals surface area (Å²) >= 11 is 12.0. The summed E-state index contributed by atoms with van der Waals surface area (Å²) in [6.45, 7) is 2.97. The molecular weight excluding hydrogens is 359 g/mol. The van der Waals surface area contributed by atoms with Crippen LogP contribution in [0.1, 0.15) is 48.9 Å². The molecule has 6 heteroatoms. The first kappa shape index (κ1) is 18.5. The first-order chi connectivity index (χ1) is 12.1. The Morgan fingerprint density at radius 3 is 2.12 bits per heavy atom. The number of nitrogens with zero attached hydrogens (tertiary/aromatic N) is 2. The Morgan fingerprint density at radius 1 is 0.880 bits per heavy atom. The van der Waals surface area contributed by atoms with Crippen LogP contribution in [0.25, 0.3) is 0 Å². The number of halogens is 2. The molecule has 3 rings (SSSR count). The fraction of sp³-hybridized carbons (Fsp3) is 0.579. The number of hydrogen-bond acceptors (Lipinski definition) is 2. The SMILES string of the molecule is O=C(c1ccc(Cl)cc1Cl)N1CCC(C(=O)N2CCCCCC2)CC1. The van der Waals surface area contributed by atoms with Crippen molar-refractivity contribution in [2.75, 3.05) is 26.2 Å². The van der Waals surface area contributed by atoms with Gasteiger partial charge in [-0.2, -0.15) is 0 Å². The van der Waals surface area contributed by atoms with Gasteiger partial charge in [0.05, 0.1) is 10.6 Å². The highest BCUT2D eigenvalue weighted by Gasteiger charge is 2.31. The van der Waals surface area contributed by atoms with E-state index < -0.39 is 0 Å². The summed E-state index contributed by atoms with van der Waals surface area (Å²) in [6, 6.07) is 4.93. The highest BCUT2D eigenvalue weighted by molar-refractivity contribution is 6.36. The fourth-order valence-electron chi connectivity index (χ4n) is 3.71. The Hall–Kier alpha value is -1.26. The largest absolute Gasteiger partial charge is 0.342 e. The molecule has 0 aliphatic carbocycles. The lowest BCUT2D eigenvalue weighted by molar-refractivity contribution is -0.136. The number of hydrogen-bond donors (Lipinski definition) is 0. The molecule has 0 bridgehead atoms. The zero-order valence-corrected chi connectivity index (χ0v) is 15.9. The molecule has 4 nitrogen and oxygen atoms in total. The molecule has 2 aliphatic heterocycles. The third kappa shape index (κ3) is 4.48. The molecule has 1 aromatic rings. The quantitative estimate of drug-likeness (QED) is 0.766. The van der Waals surface area contributed by atoms with Crippen molar-refractivity contribution >= 4 is 35.0 Å². The second-order valence-electron chi connectivity index (χ2n) is 6.93. The molecule has 2 heterocycles. The molecule has 0 saturated carbocycles. The number of rotatable bonds is 2. The number of likely N-dealkylation sites (tertiary alicyclic amines) is 2. The summed E-state index contributed by atoms with van der Waals surface area (Å²) in [6.07, 6.45) is 6.12. The normalized spacial score (nSPS) is 19.6. The lowest BCUT2D eigenvalue weighted by Crippen LogP contribution is -2.44. The maximum absolute atomic E-state index is 12.7. The van der Waals surface area contributed by atoms with Gasteiger partial charge in [0.2, 0.25) is 5.91 Å². The van der Waals surface area contributed by atoms with Crippen molar-refractivity contribution in [3.8, 4) is 0 Å². The number of benzene rings is 1. The number of carbonyl (C=O) groups is 2. The average Bonchev–Trinajstić information content (AvgIpc) is 2.90. The summed E-state index contributed by atoms with van der Waals surface area (Å²) in [4.78, 5) is 29.2. The Morgan fingerprint density at radius 2 is 1.52 bits per heavy atom. The van der Waals surface area contributed by atoms with Crippen molar-refractivity contribution in [1.29, 1.82) is 0 Å². The zero-order chi connectivity index (χ0) is 17.8. The number of piperidine rings is 1. The van der Waals surface area contributed by atoms with Gasteiger partial charge in [-0.05, 0) is 43.9 Å². The van der Waals surface area contributed by atoms with Crippen molar-refractivity contribution in [3.05, 3.63) is 33.8 Å². The lowest BCUT2D eigenvalue weighted by Gasteiger charge is -2.34. The zero-order valence-electron chi connectivity index (χ0n) is 14.3. The smallest absolute Gasteiger partial charge is 0.255 e. The van der Waals surface area contributed by atoms with E-state index in [0.717, 1.165) is 38.8 Å². The van der Waals surface area contributed by atoms with Gasteiger partial charge in [0.15, 0.2) is 0 Å². The maximum Gasteiger partial charge on any atom is 0.255 e. The van der Waals surface area contributed by atoms with Crippen LogP contribution in [-0.4, -0.2) is 47.8 Å². The molecule has 0 spiro atoms. The number of carbonyl (C=O) groups excluding carboxylic acids is 2. The molecule has 2 fully saturated rings. The van der Waals surface area contributed by atoms with Crippen molar-refractivity contribution in [2.45, 2.75) is 38.5 Å². The Labute approximate surface area is 159 Å². The predicted octanol–water partition coefficient (Wildman–Crippen LogP) is 4.25. The topological polar surface area (TPSA) is 40.6 Å². The van der Waals surface area contributed by atoms with Gasteiger partial charge < -0.3 is 9.80 Å². The van der Waals surface area contributed by atoms with E-state index in [4.69, 9.17) is 23.2 Å². The van der Waals surface area contributed by atoms with Gasteiger partial charge in [-0.3, -0.25) is 9.59 Å². The van der Waals surface area contributed by atoms with Crippen LogP contribution in [0, 0.1) is 5.92 Å². The summed E-state index contributed by atoms with van der Waals surface area (Å²) in [5.74, 6) is 0.240. The molecule has 0 N–H and O–H groups in total. The molecular formula is C19H24Cl2N2O2. The van der Waals surface area contributed by atoms with E-state index in [2.05, 4.69) is 0 Å². The first-order valence-electron chi connectivity index (χ1n) is 9.09. The van der Waals surface area contributed by atoms with E-state index in [1.54, 1.807) is 23.1 Å². The standard InChI is InChI=1S/C19H24Cl2N2O2/c20-15-5-6-16(17(21)13-15)19(25)23-11-7-14(8-12-23)18(24)22-9-3-1-2-4-10-22/h5-6,13-14H,1-4,7-12H2. The maximum atomic E-state index is 12.7. The minimum Gasteiger partial charge on any atom is -0.342 e. The summed E-state index contributed by atoms with van der Waals surface area (Å²) in [7, 11) is 0. The minimum absolute atomic E-state index is 0.0443. The molecule has 1 aromatic carbocycles. The fourth-order valence-corrected chi connectivity index (χ4v) is 4.20. The Balaban J connectivity index is 1.57. The van der Waals surface area contributed by atoms with E-state index in [-0.39, 0.29) is 17.7 Å². The number of amides is 2. The van der Waals surface area contributed by atoms with E-state index in [1.807, 2.05) is 4.90 Å². The van der Waals surface area contributed by atoms with Crippen LogP contribution in [-0.2, 0) is 4.79 Å². The van der Waals surface area contributed by atoms with Gasteiger partial charge in [0.25, 0.3) is 5.91 Å². The lowest BCUT2D eigenvalue weighted by atomic mass is 9.94. The van der Waals surface area contributed by atoms with E-state index >= 15 is 0 Å². The van der Waals surface area contributed by atoms with E-state index in [0.29, 0.717) is 28.7 Å². The second-order valence-corrected chi connectivity index (χ2v) is 7.77. The van der Waals surface area contributed by atoms with Crippen molar-refractivity contribution in [2.24, 2.45) is 5.92 Å². The van der Waals surface area contributed by atoms with Crippen molar-refractivity contribution < 1.29 is 9.59 Å². The van der Waals surface area contributed by atoms with Gasteiger partial charge >= 0.3 is 0 Å². The summed E-state index contributed by atoms with van der Waals surface area (Å²) < 4.78 is 0. The Kier molecular flexibility index (Phi) is 6.24. The molecule has 25 heavy (non-hydrogen) atoms. The predicted molar refractivity (Wildman–Crippen MR) is 100 cm³/mol. The van der Waals surface area contributed by atoms with Crippen LogP contribution in [0.2, 0.25) is 10.0 Å². The summed E-state index contributed by atoms with van der Waals surface area (Å²) in [5, 5.41) is 0.892. The van der Waals surface area contributed by atoms with Crippen molar-refractivity contribution in [1.82, 2.24) is 9.80 Å². The molecule has 0 unspecified atom stereocenters. The van der Waals surface area contributed by atoms with Crippen LogP contribution in [0.4, 0.5) is 0 Å². The molecule has 0 radical (unpaired) electrons. The highest BCUT2D eigenvalue weighted by atomic mass is 35.5. The Bertz CT molecular complexity index is 634. The van der Waals surface area contributed by atoms with Crippen LogP contribution in [0.15, 0.2) is 18.2 Å². The second kappa shape index (κ2) is 8.41. The minimum atomic E-state index is -0.0812. The van der Waals surface area contributed by atoms with Crippen LogP contribution >= 0.6 is 23.2 Å².